The predicted octanol–water partition coefficient (Wildman–Crippen LogP) is 6.69. The van der Waals surface area contributed by atoms with E-state index < -0.39 is 0 Å². The Balaban J connectivity index is 1.58. The summed E-state index contributed by atoms with van der Waals surface area (Å²) in [5, 5.41) is 5.76. The highest BCUT2D eigenvalue weighted by molar-refractivity contribution is 8.26. The van der Waals surface area contributed by atoms with Crippen LogP contribution in [-0.2, 0) is 4.79 Å². The number of nitrogens with zero attached hydrogens (tertiary/aromatic N) is 3. The van der Waals surface area contributed by atoms with Gasteiger partial charge in [0.15, 0.2) is 17.1 Å². The van der Waals surface area contributed by atoms with Crippen LogP contribution in [0.1, 0.15) is 31.7 Å². The van der Waals surface area contributed by atoms with E-state index in [1.165, 1.54) is 11.8 Å². The number of ether oxygens (including phenoxy) is 1. The largest absolute Gasteiger partial charge is 0.493 e. The summed E-state index contributed by atoms with van der Waals surface area (Å²) in [5.41, 5.74) is 2.99. The summed E-state index contributed by atoms with van der Waals surface area (Å²) >= 11 is 6.85. The number of thioether (sulfide) groups is 1. The lowest BCUT2D eigenvalue weighted by atomic mass is 10.1. The van der Waals surface area contributed by atoms with Gasteiger partial charge in [-0.15, -0.1) is 0 Å². The molecule has 2 aromatic heterocycles. The summed E-state index contributed by atoms with van der Waals surface area (Å²) in [6.45, 7) is 2.79. The molecule has 0 atom stereocenters. The van der Waals surface area contributed by atoms with Crippen LogP contribution in [0.25, 0.3) is 34.2 Å². The molecule has 1 aliphatic rings. The number of methoxy groups -OCH3 is 1. The molecule has 0 bridgehead atoms. The van der Waals surface area contributed by atoms with Gasteiger partial charge < -0.3 is 9.15 Å². The number of unbranched alkanes of at least 4 members (excludes halogenated alkanes) is 2. The lowest BCUT2D eigenvalue weighted by Crippen LogP contribution is -2.28. The summed E-state index contributed by atoms with van der Waals surface area (Å²) in [4.78, 5) is 15.4. The van der Waals surface area contributed by atoms with Gasteiger partial charge in [-0.05, 0) is 36.8 Å². The molecule has 6 nitrogen and oxygen atoms in total. The van der Waals surface area contributed by atoms with Crippen molar-refractivity contribution in [3.8, 4) is 22.9 Å². The summed E-state index contributed by atoms with van der Waals surface area (Å²) in [6.07, 6.45) is 6.88. The molecule has 0 unspecified atom stereocenters. The Morgan fingerprint density at radius 3 is 2.74 bits per heavy atom. The number of fused-ring (bicyclic) bond motifs is 1. The maximum absolute atomic E-state index is 13.1. The highest BCUT2D eigenvalue weighted by Crippen LogP contribution is 2.37. The number of amides is 1. The van der Waals surface area contributed by atoms with Crippen LogP contribution in [0.4, 0.5) is 0 Å². The van der Waals surface area contributed by atoms with Crippen molar-refractivity contribution >= 4 is 51.3 Å². The maximum atomic E-state index is 13.1. The van der Waals surface area contributed by atoms with Crippen LogP contribution in [0.5, 0.6) is 5.75 Å². The molecule has 35 heavy (non-hydrogen) atoms. The molecule has 8 heteroatoms. The minimum Gasteiger partial charge on any atom is -0.493 e. The number of carbonyl (C=O) groups excluding carboxylic acids is 1. The van der Waals surface area contributed by atoms with Crippen molar-refractivity contribution in [2.75, 3.05) is 13.7 Å². The molecule has 0 N–H and O–H groups in total. The van der Waals surface area contributed by atoms with Crippen LogP contribution in [0.3, 0.4) is 0 Å². The average molecular weight is 504 g/mol. The molecule has 1 fully saturated rings. The zero-order valence-corrected chi connectivity index (χ0v) is 21.2. The van der Waals surface area contributed by atoms with Crippen LogP contribution in [-0.4, -0.2) is 38.6 Å². The van der Waals surface area contributed by atoms with Gasteiger partial charge in [0.2, 0.25) is 0 Å². The average Bonchev–Trinajstić information content (AvgIpc) is 3.56. The van der Waals surface area contributed by atoms with Crippen molar-refractivity contribution in [3.63, 3.8) is 0 Å². The Morgan fingerprint density at radius 2 is 1.97 bits per heavy atom. The molecule has 3 heterocycles. The molecule has 178 valence electrons. The highest BCUT2D eigenvalue weighted by atomic mass is 32.2. The second-order valence-electron chi connectivity index (χ2n) is 8.24. The van der Waals surface area contributed by atoms with E-state index in [1.54, 1.807) is 16.7 Å². The van der Waals surface area contributed by atoms with E-state index in [-0.39, 0.29) is 5.91 Å². The summed E-state index contributed by atoms with van der Waals surface area (Å²) in [6, 6.07) is 17.6. The molecule has 1 saturated heterocycles. The van der Waals surface area contributed by atoms with Crippen molar-refractivity contribution in [2.45, 2.75) is 26.2 Å². The quantitative estimate of drug-likeness (QED) is 0.152. The third kappa shape index (κ3) is 4.63. The van der Waals surface area contributed by atoms with Gasteiger partial charge in [-0.1, -0.05) is 74.1 Å². The zero-order chi connectivity index (χ0) is 24.4. The van der Waals surface area contributed by atoms with E-state index in [2.05, 4.69) is 6.92 Å². The number of carbonyl (C=O) groups is 1. The molecule has 2 aromatic carbocycles. The lowest BCUT2D eigenvalue weighted by molar-refractivity contribution is -0.122. The molecule has 0 spiro atoms. The number of furan rings is 1. The Hall–Kier alpha value is -3.36. The number of thiocarbonyl (C=S) groups is 1. The van der Waals surface area contributed by atoms with Gasteiger partial charge in [-0.25, -0.2) is 4.68 Å². The minimum absolute atomic E-state index is 0.0548. The third-order valence-electron chi connectivity index (χ3n) is 5.87. The van der Waals surface area contributed by atoms with Crippen LogP contribution >= 0.6 is 24.0 Å². The van der Waals surface area contributed by atoms with Gasteiger partial charge in [-0.2, -0.15) is 5.10 Å². The molecule has 1 amide bonds. The van der Waals surface area contributed by atoms with Gasteiger partial charge >= 0.3 is 0 Å². The molecule has 5 rings (SSSR count). The molecule has 0 aliphatic carbocycles. The van der Waals surface area contributed by atoms with Gasteiger partial charge in [0, 0.05) is 23.7 Å². The van der Waals surface area contributed by atoms with Gasteiger partial charge in [0.05, 0.1) is 17.7 Å². The molecule has 0 radical (unpaired) electrons. The normalized spacial score (nSPS) is 15.0. The van der Waals surface area contributed by atoms with Crippen molar-refractivity contribution in [1.29, 1.82) is 0 Å². The first kappa shape index (κ1) is 23.4. The minimum atomic E-state index is -0.0548. The molecule has 1 aliphatic heterocycles. The molecular formula is C27H25N3O3S2. The summed E-state index contributed by atoms with van der Waals surface area (Å²) < 4.78 is 14.1. The van der Waals surface area contributed by atoms with Crippen molar-refractivity contribution < 1.29 is 13.9 Å². The number of aromatic nitrogens is 2. The van der Waals surface area contributed by atoms with Crippen LogP contribution in [0.15, 0.2) is 70.1 Å². The van der Waals surface area contributed by atoms with Gasteiger partial charge in [0.25, 0.3) is 5.91 Å². The fraction of sp³-hybridized carbons (Fsp3) is 0.222. The van der Waals surface area contributed by atoms with E-state index in [0.29, 0.717) is 38.6 Å². The molecule has 0 saturated carbocycles. The fourth-order valence-corrected chi connectivity index (χ4v) is 5.36. The first-order valence-corrected chi connectivity index (χ1v) is 12.8. The van der Waals surface area contributed by atoms with E-state index in [9.17, 15) is 4.79 Å². The van der Waals surface area contributed by atoms with Crippen molar-refractivity contribution in [2.24, 2.45) is 0 Å². The SMILES string of the molecule is CCCCCN1C(=O)C(=Cc2cn(-c3ccccc3)nc2-c2cc3cccc(OC)c3o2)SC1=S. The molecule has 4 aromatic rings. The van der Waals surface area contributed by atoms with E-state index in [4.69, 9.17) is 26.5 Å². The monoisotopic (exact) mass is 503 g/mol. The first-order valence-electron chi connectivity index (χ1n) is 11.6. The number of para-hydroxylation sites is 2. The van der Waals surface area contributed by atoms with E-state index >= 15 is 0 Å². The number of rotatable bonds is 8. The van der Waals surface area contributed by atoms with Gasteiger partial charge in [-0.3, -0.25) is 9.69 Å². The second kappa shape index (κ2) is 10.1. The number of hydrogen-bond acceptors (Lipinski definition) is 6. The summed E-state index contributed by atoms with van der Waals surface area (Å²) in [5.74, 6) is 1.20. The van der Waals surface area contributed by atoms with Crippen LogP contribution in [0.2, 0.25) is 0 Å². The van der Waals surface area contributed by atoms with E-state index in [1.807, 2.05) is 66.9 Å². The predicted molar refractivity (Wildman–Crippen MR) is 145 cm³/mol. The Bertz CT molecular complexity index is 1420. The smallest absolute Gasteiger partial charge is 0.266 e. The van der Waals surface area contributed by atoms with Crippen molar-refractivity contribution in [1.82, 2.24) is 14.7 Å². The standard InChI is InChI=1S/C27H25N3O3S2/c1-3-4-8-14-29-26(31)23(35-27(29)34)16-19-17-30(20-11-6-5-7-12-20)28-24(19)22-15-18-10-9-13-21(32-2)25(18)33-22/h5-7,9-13,15-17H,3-4,8,14H2,1-2H3. The van der Waals surface area contributed by atoms with Crippen LogP contribution < -0.4 is 4.74 Å². The first-order chi connectivity index (χ1) is 17.1. The number of hydrogen-bond donors (Lipinski definition) is 0. The maximum Gasteiger partial charge on any atom is 0.266 e. The Labute approximate surface area is 213 Å². The lowest BCUT2D eigenvalue weighted by Gasteiger charge is -2.13. The van der Waals surface area contributed by atoms with Gasteiger partial charge in [0.1, 0.15) is 10.0 Å². The molecular weight excluding hydrogens is 478 g/mol. The topological polar surface area (TPSA) is 60.5 Å². The Morgan fingerprint density at radius 1 is 1.14 bits per heavy atom. The highest BCUT2D eigenvalue weighted by Gasteiger charge is 2.32. The number of benzene rings is 2. The zero-order valence-electron chi connectivity index (χ0n) is 19.6. The second-order valence-corrected chi connectivity index (χ2v) is 9.92. The van der Waals surface area contributed by atoms with Crippen molar-refractivity contribution in [3.05, 3.63) is 71.3 Å². The fourth-order valence-electron chi connectivity index (χ4n) is 4.07. The van der Waals surface area contributed by atoms with E-state index in [0.717, 1.165) is 35.9 Å². The Kier molecular flexibility index (Phi) is 6.74. The third-order valence-corrected chi connectivity index (χ3v) is 7.25. The van der Waals surface area contributed by atoms with Crippen LogP contribution in [0, 0.1) is 0 Å². The summed E-state index contributed by atoms with van der Waals surface area (Å²) in [7, 11) is 1.62.